The first-order chi connectivity index (χ1) is 7.54. The SMILES string of the molecule is C=IC(F)(F)c1ccc2ncnc(C)c2c1. The van der Waals surface area contributed by atoms with Crippen LogP contribution < -0.4 is 0 Å². The van der Waals surface area contributed by atoms with Gasteiger partial charge in [0.05, 0.1) is 5.52 Å². The zero-order valence-corrected chi connectivity index (χ0v) is 10.7. The van der Waals surface area contributed by atoms with Gasteiger partial charge in [0, 0.05) is 16.6 Å². The number of rotatable bonds is 2. The summed E-state index contributed by atoms with van der Waals surface area (Å²) >= 11 is -1.41. The molecule has 84 valence electrons. The van der Waals surface area contributed by atoms with Crippen LogP contribution >= 0.6 is 20.7 Å². The summed E-state index contributed by atoms with van der Waals surface area (Å²) in [5.41, 5.74) is 1.42. The van der Waals surface area contributed by atoms with E-state index >= 15 is 0 Å². The van der Waals surface area contributed by atoms with E-state index in [9.17, 15) is 8.78 Å². The van der Waals surface area contributed by atoms with Crippen molar-refractivity contribution in [1.82, 2.24) is 9.97 Å². The third-order valence-electron chi connectivity index (χ3n) is 2.33. The molecule has 2 rings (SSSR count). The molecule has 0 amide bonds. The fraction of sp³-hybridized carbons (Fsp3) is 0.182. The Labute approximate surface area is 101 Å². The van der Waals surface area contributed by atoms with E-state index in [2.05, 4.69) is 14.5 Å². The molecular formula is C11H9F2IN2. The summed E-state index contributed by atoms with van der Waals surface area (Å²) in [5.74, 6) is 0. The first-order valence-corrected chi connectivity index (χ1v) is 7.14. The zero-order chi connectivity index (χ0) is 11.8. The van der Waals surface area contributed by atoms with Gasteiger partial charge in [0.1, 0.15) is 6.33 Å². The molecule has 1 aromatic carbocycles. The Morgan fingerprint density at radius 3 is 2.75 bits per heavy atom. The molecule has 1 heterocycles. The van der Waals surface area contributed by atoms with E-state index in [0.717, 1.165) is 0 Å². The molecular weight excluding hydrogens is 325 g/mol. The molecule has 0 fully saturated rings. The number of benzene rings is 1. The second-order valence-electron chi connectivity index (χ2n) is 3.32. The maximum absolute atomic E-state index is 13.5. The predicted octanol–water partition coefficient (Wildman–Crippen LogP) is 3.39. The lowest BCUT2D eigenvalue weighted by Crippen LogP contribution is -2.03. The van der Waals surface area contributed by atoms with E-state index in [1.807, 2.05) is 0 Å². The van der Waals surface area contributed by atoms with Gasteiger partial charge >= 0.3 is 3.93 Å². The number of hydrogen-bond donors (Lipinski definition) is 0. The molecule has 2 nitrogen and oxygen atoms in total. The van der Waals surface area contributed by atoms with Crippen molar-refractivity contribution in [3.05, 3.63) is 35.8 Å². The largest absolute Gasteiger partial charge is 0.316 e. The van der Waals surface area contributed by atoms with Gasteiger partial charge in [-0.3, -0.25) is 0 Å². The smallest absolute Gasteiger partial charge is 0.241 e. The lowest BCUT2D eigenvalue weighted by molar-refractivity contribution is 0.127. The van der Waals surface area contributed by atoms with E-state index in [-0.39, 0.29) is 5.56 Å². The quantitative estimate of drug-likeness (QED) is 0.622. The van der Waals surface area contributed by atoms with E-state index in [4.69, 9.17) is 0 Å². The Balaban J connectivity index is 2.68. The molecule has 0 aliphatic heterocycles. The highest BCUT2D eigenvalue weighted by molar-refractivity contribution is 14.2. The van der Waals surface area contributed by atoms with Crippen molar-refractivity contribution in [3.8, 4) is 0 Å². The Morgan fingerprint density at radius 1 is 1.31 bits per heavy atom. The Morgan fingerprint density at radius 2 is 2.06 bits per heavy atom. The number of alkyl halides is 3. The number of nitrogens with zero attached hydrogens (tertiary/aromatic N) is 2. The summed E-state index contributed by atoms with van der Waals surface area (Å²) < 4.78 is 27.6. The van der Waals surface area contributed by atoms with Crippen molar-refractivity contribution in [2.75, 3.05) is 0 Å². The van der Waals surface area contributed by atoms with Crippen molar-refractivity contribution >= 4 is 36.1 Å². The highest BCUT2D eigenvalue weighted by Gasteiger charge is 2.28. The predicted molar refractivity (Wildman–Crippen MR) is 69.3 cm³/mol. The Bertz CT molecular complexity index is 555. The third kappa shape index (κ3) is 1.95. The highest BCUT2D eigenvalue weighted by Crippen LogP contribution is 2.39. The normalized spacial score (nSPS) is 11.9. The average molecular weight is 334 g/mol. The maximum Gasteiger partial charge on any atom is 0.316 e. The minimum atomic E-state index is -2.78. The van der Waals surface area contributed by atoms with Gasteiger partial charge in [-0.15, -0.1) is 0 Å². The van der Waals surface area contributed by atoms with E-state index in [1.54, 1.807) is 13.0 Å². The molecule has 0 N–H and O–H groups in total. The fourth-order valence-electron chi connectivity index (χ4n) is 1.44. The molecule has 0 aliphatic carbocycles. The number of hydrogen-bond acceptors (Lipinski definition) is 2. The topological polar surface area (TPSA) is 25.8 Å². The molecule has 1 aromatic heterocycles. The van der Waals surface area contributed by atoms with Crippen LogP contribution in [0.25, 0.3) is 10.9 Å². The van der Waals surface area contributed by atoms with Gasteiger partial charge in [-0.25, -0.2) is 9.97 Å². The van der Waals surface area contributed by atoms with Crippen molar-refractivity contribution in [2.45, 2.75) is 10.9 Å². The van der Waals surface area contributed by atoms with Crippen LogP contribution in [0.3, 0.4) is 0 Å². The van der Waals surface area contributed by atoms with E-state index in [1.165, 1.54) is 18.5 Å². The average Bonchev–Trinajstić information content (AvgIpc) is 2.29. The molecule has 0 unspecified atom stereocenters. The van der Waals surface area contributed by atoms with Crippen molar-refractivity contribution in [2.24, 2.45) is 0 Å². The Kier molecular flexibility index (Phi) is 2.96. The van der Waals surface area contributed by atoms with Gasteiger partial charge in [-0.1, -0.05) is 10.6 Å². The number of fused-ring (bicyclic) bond motifs is 1. The minimum Gasteiger partial charge on any atom is -0.241 e. The summed E-state index contributed by atoms with van der Waals surface area (Å²) in [6.07, 6.45) is 1.43. The van der Waals surface area contributed by atoms with Crippen molar-refractivity contribution in [3.63, 3.8) is 0 Å². The molecule has 0 saturated heterocycles. The van der Waals surface area contributed by atoms with Crippen LogP contribution in [-0.4, -0.2) is 14.5 Å². The van der Waals surface area contributed by atoms with Crippen LogP contribution in [0.15, 0.2) is 24.5 Å². The monoisotopic (exact) mass is 334 g/mol. The Hall–Kier alpha value is -0.980. The lowest BCUT2D eigenvalue weighted by Gasteiger charge is -2.11. The molecule has 2 aromatic rings. The number of aryl methyl sites for hydroxylation is 1. The van der Waals surface area contributed by atoms with Gasteiger partial charge < -0.3 is 0 Å². The number of aromatic nitrogens is 2. The van der Waals surface area contributed by atoms with E-state index in [0.29, 0.717) is 16.6 Å². The maximum atomic E-state index is 13.5. The first-order valence-electron chi connectivity index (χ1n) is 4.54. The zero-order valence-electron chi connectivity index (χ0n) is 8.54. The molecule has 16 heavy (non-hydrogen) atoms. The van der Waals surface area contributed by atoms with Gasteiger partial charge in [0.15, 0.2) is 0 Å². The molecule has 0 atom stereocenters. The van der Waals surface area contributed by atoms with Crippen LogP contribution in [0.5, 0.6) is 0 Å². The summed E-state index contributed by atoms with van der Waals surface area (Å²) in [6.45, 7) is 1.78. The molecule has 5 heteroatoms. The third-order valence-corrected chi connectivity index (χ3v) is 3.91. The van der Waals surface area contributed by atoms with Crippen LogP contribution in [0.4, 0.5) is 8.78 Å². The summed E-state index contributed by atoms with van der Waals surface area (Å²) in [7, 11) is 0. The molecule has 0 aliphatic rings. The van der Waals surface area contributed by atoms with Gasteiger partial charge in [0.2, 0.25) is 0 Å². The number of halogens is 3. The molecule has 0 saturated carbocycles. The summed E-state index contributed by atoms with van der Waals surface area (Å²) in [5, 5.41) is 0.678. The summed E-state index contributed by atoms with van der Waals surface area (Å²) in [4.78, 5) is 8.02. The van der Waals surface area contributed by atoms with Crippen LogP contribution in [0.1, 0.15) is 11.3 Å². The summed E-state index contributed by atoms with van der Waals surface area (Å²) in [6, 6.07) is 4.49. The van der Waals surface area contributed by atoms with Crippen LogP contribution in [0, 0.1) is 6.92 Å². The molecule has 0 radical (unpaired) electrons. The molecule has 0 spiro atoms. The first kappa shape index (κ1) is 11.5. The molecule has 0 bridgehead atoms. The lowest BCUT2D eigenvalue weighted by atomic mass is 10.1. The van der Waals surface area contributed by atoms with Gasteiger partial charge in [0.25, 0.3) is 0 Å². The van der Waals surface area contributed by atoms with Crippen molar-refractivity contribution < 1.29 is 8.78 Å². The van der Waals surface area contributed by atoms with E-state index < -0.39 is 24.7 Å². The highest BCUT2D eigenvalue weighted by atomic mass is 127. The fourth-order valence-corrected chi connectivity index (χ4v) is 2.21. The van der Waals surface area contributed by atoms with Crippen molar-refractivity contribution in [1.29, 1.82) is 0 Å². The van der Waals surface area contributed by atoms with Crippen LogP contribution in [0.2, 0.25) is 0 Å². The standard InChI is InChI=1S/C11H9F2IN2/c1-7-9-5-8(11(12,13)14-2)3-4-10(9)16-6-15-7/h3-6H,2H2,1H3. The van der Waals surface area contributed by atoms with Gasteiger partial charge in [-0.05, 0) is 39.8 Å². The second kappa shape index (κ2) is 4.12. The minimum absolute atomic E-state index is 0.0145. The van der Waals surface area contributed by atoms with Gasteiger partial charge in [-0.2, -0.15) is 8.78 Å². The second-order valence-corrected chi connectivity index (χ2v) is 5.44. The van der Waals surface area contributed by atoms with Crippen LogP contribution in [-0.2, 0) is 3.93 Å².